The van der Waals surface area contributed by atoms with Crippen molar-refractivity contribution in [2.24, 2.45) is 5.92 Å². The molecule has 22 heavy (non-hydrogen) atoms. The van der Waals surface area contributed by atoms with Gasteiger partial charge in [-0.05, 0) is 37.4 Å². The summed E-state index contributed by atoms with van der Waals surface area (Å²) in [4.78, 5) is 16.8. The maximum Gasteiger partial charge on any atom is 0.266 e. The number of carbonyl (C=O) groups is 1. The number of likely N-dealkylation sites (tertiary alicyclic amines) is 1. The quantitative estimate of drug-likeness (QED) is 0.887. The highest BCUT2D eigenvalue weighted by Crippen LogP contribution is 2.36. The minimum Gasteiger partial charge on any atom is -0.306 e. The van der Waals surface area contributed by atoms with Crippen molar-refractivity contribution in [3.63, 3.8) is 0 Å². The maximum atomic E-state index is 12.2. The molecule has 0 spiro atoms. The fourth-order valence-corrected chi connectivity index (χ4v) is 4.07. The fourth-order valence-electron chi connectivity index (χ4n) is 3.00. The van der Waals surface area contributed by atoms with E-state index in [0.29, 0.717) is 17.8 Å². The van der Waals surface area contributed by atoms with Crippen LogP contribution in [0.4, 0.5) is 5.82 Å². The van der Waals surface area contributed by atoms with Crippen molar-refractivity contribution >= 4 is 23.1 Å². The molecule has 6 heteroatoms. The molecule has 5 nitrogen and oxygen atoms in total. The standard InChI is InChI=1S/C16H22N4OS/c1-11(2)10-20-9-3-4-12(20)13-5-6-14(22-13)16(21)18-15-7-8-17-19-15/h5-8,11-12H,3-4,9-10H2,1-2H3,(H2,17,18,19,21)/t12-/m0/s1. The third-order valence-electron chi connectivity index (χ3n) is 3.89. The van der Waals surface area contributed by atoms with Crippen LogP contribution in [-0.4, -0.2) is 34.1 Å². The van der Waals surface area contributed by atoms with Gasteiger partial charge in [0.1, 0.15) is 5.82 Å². The Labute approximate surface area is 134 Å². The molecule has 3 heterocycles. The van der Waals surface area contributed by atoms with Crippen molar-refractivity contribution < 1.29 is 4.79 Å². The number of nitrogens with zero attached hydrogens (tertiary/aromatic N) is 2. The van der Waals surface area contributed by atoms with Crippen LogP contribution in [0.25, 0.3) is 0 Å². The highest BCUT2D eigenvalue weighted by molar-refractivity contribution is 7.14. The number of hydrogen-bond donors (Lipinski definition) is 2. The predicted octanol–water partition coefficient (Wildman–Crippen LogP) is 3.52. The first-order chi connectivity index (χ1) is 10.6. The Morgan fingerprint density at radius 3 is 3.09 bits per heavy atom. The summed E-state index contributed by atoms with van der Waals surface area (Å²) in [5.41, 5.74) is 0. The summed E-state index contributed by atoms with van der Waals surface area (Å²) in [6, 6.07) is 6.25. The van der Waals surface area contributed by atoms with Crippen LogP contribution in [0.5, 0.6) is 0 Å². The van der Waals surface area contributed by atoms with Gasteiger partial charge in [-0.15, -0.1) is 11.3 Å². The topological polar surface area (TPSA) is 61.0 Å². The molecule has 1 amide bonds. The summed E-state index contributed by atoms with van der Waals surface area (Å²) in [7, 11) is 0. The van der Waals surface area contributed by atoms with E-state index in [-0.39, 0.29) is 5.91 Å². The van der Waals surface area contributed by atoms with E-state index in [2.05, 4.69) is 40.3 Å². The number of aromatic nitrogens is 2. The Morgan fingerprint density at radius 2 is 2.36 bits per heavy atom. The van der Waals surface area contributed by atoms with Gasteiger partial charge in [0, 0.05) is 23.5 Å². The molecule has 3 rings (SSSR count). The number of carbonyl (C=O) groups excluding carboxylic acids is 1. The number of amides is 1. The van der Waals surface area contributed by atoms with Crippen LogP contribution in [0.2, 0.25) is 0 Å². The van der Waals surface area contributed by atoms with Crippen LogP contribution in [0, 0.1) is 5.92 Å². The van der Waals surface area contributed by atoms with Gasteiger partial charge < -0.3 is 5.32 Å². The second-order valence-electron chi connectivity index (χ2n) is 6.17. The van der Waals surface area contributed by atoms with E-state index in [9.17, 15) is 4.79 Å². The summed E-state index contributed by atoms with van der Waals surface area (Å²) < 4.78 is 0. The predicted molar refractivity (Wildman–Crippen MR) is 89.2 cm³/mol. The van der Waals surface area contributed by atoms with Crippen LogP contribution in [0.1, 0.15) is 47.3 Å². The van der Waals surface area contributed by atoms with Crippen molar-refractivity contribution in [2.45, 2.75) is 32.7 Å². The van der Waals surface area contributed by atoms with Crippen molar-refractivity contribution in [3.8, 4) is 0 Å². The summed E-state index contributed by atoms with van der Waals surface area (Å²) in [6.45, 7) is 6.80. The summed E-state index contributed by atoms with van der Waals surface area (Å²) in [5, 5.41) is 9.40. The van der Waals surface area contributed by atoms with E-state index in [1.165, 1.54) is 17.7 Å². The van der Waals surface area contributed by atoms with Gasteiger partial charge >= 0.3 is 0 Å². The first kappa shape index (κ1) is 15.2. The zero-order valence-electron chi connectivity index (χ0n) is 13.0. The van der Waals surface area contributed by atoms with Gasteiger partial charge in [-0.1, -0.05) is 13.8 Å². The van der Waals surface area contributed by atoms with Crippen LogP contribution in [0.3, 0.4) is 0 Å². The molecule has 0 radical (unpaired) electrons. The lowest BCUT2D eigenvalue weighted by atomic mass is 10.1. The Bertz CT molecular complexity index is 620. The molecule has 2 aromatic heterocycles. The van der Waals surface area contributed by atoms with Gasteiger partial charge in [0.05, 0.1) is 11.1 Å². The first-order valence-corrected chi connectivity index (χ1v) is 8.59. The van der Waals surface area contributed by atoms with E-state index in [1.807, 2.05) is 6.07 Å². The van der Waals surface area contributed by atoms with E-state index >= 15 is 0 Å². The molecule has 118 valence electrons. The normalized spacial score (nSPS) is 19.0. The average Bonchev–Trinajstić information content (AvgIpc) is 3.17. The molecule has 2 N–H and O–H groups in total. The molecule has 0 saturated carbocycles. The van der Waals surface area contributed by atoms with E-state index in [4.69, 9.17) is 0 Å². The molecule has 1 fully saturated rings. The Morgan fingerprint density at radius 1 is 1.50 bits per heavy atom. The lowest BCUT2D eigenvalue weighted by molar-refractivity contribution is 0.103. The zero-order valence-corrected chi connectivity index (χ0v) is 13.8. The molecular formula is C16H22N4OS. The maximum absolute atomic E-state index is 12.2. The molecule has 0 unspecified atom stereocenters. The third-order valence-corrected chi connectivity index (χ3v) is 5.08. The van der Waals surface area contributed by atoms with Crippen molar-refractivity contribution in [1.29, 1.82) is 0 Å². The number of aromatic amines is 1. The Hall–Kier alpha value is -1.66. The number of nitrogens with one attached hydrogen (secondary N) is 2. The summed E-state index contributed by atoms with van der Waals surface area (Å²) in [5.74, 6) is 1.22. The molecular weight excluding hydrogens is 296 g/mol. The zero-order chi connectivity index (χ0) is 15.5. The molecule has 1 saturated heterocycles. The molecule has 1 atom stereocenters. The number of anilines is 1. The van der Waals surface area contributed by atoms with Gasteiger partial charge in [-0.2, -0.15) is 5.10 Å². The minimum absolute atomic E-state index is 0.0751. The summed E-state index contributed by atoms with van der Waals surface area (Å²) in [6.07, 6.45) is 4.05. The van der Waals surface area contributed by atoms with Crippen molar-refractivity contribution in [1.82, 2.24) is 15.1 Å². The van der Waals surface area contributed by atoms with Crippen LogP contribution < -0.4 is 5.32 Å². The van der Waals surface area contributed by atoms with Crippen molar-refractivity contribution in [2.75, 3.05) is 18.4 Å². The smallest absolute Gasteiger partial charge is 0.266 e. The van der Waals surface area contributed by atoms with Crippen LogP contribution in [-0.2, 0) is 0 Å². The molecule has 0 aromatic carbocycles. The van der Waals surface area contributed by atoms with Gasteiger partial charge in [0.2, 0.25) is 0 Å². The van der Waals surface area contributed by atoms with Gasteiger partial charge in [-0.3, -0.25) is 14.8 Å². The lowest BCUT2D eigenvalue weighted by Gasteiger charge is -2.25. The Kier molecular flexibility index (Phi) is 4.59. The monoisotopic (exact) mass is 318 g/mol. The van der Waals surface area contributed by atoms with Crippen molar-refractivity contribution in [3.05, 3.63) is 34.2 Å². The van der Waals surface area contributed by atoms with Crippen LogP contribution in [0.15, 0.2) is 24.4 Å². The van der Waals surface area contributed by atoms with E-state index < -0.39 is 0 Å². The number of rotatable bonds is 5. The second-order valence-corrected chi connectivity index (χ2v) is 7.29. The molecule has 0 bridgehead atoms. The minimum atomic E-state index is -0.0751. The number of H-pyrrole nitrogens is 1. The largest absolute Gasteiger partial charge is 0.306 e. The first-order valence-electron chi connectivity index (χ1n) is 7.78. The summed E-state index contributed by atoms with van der Waals surface area (Å²) >= 11 is 1.60. The molecule has 1 aliphatic heterocycles. The molecule has 0 aliphatic carbocycles. The SMILES string of the molecule is CC(C)CN1CCC[C@H]1c1ccc(C(=O)Nc2ccn[nH]2)s1. The highest BCUT2D eigenvalue weighted by Gasteiger charge is 2.28. The number of hydrogen-bond acceptors (Lipinski definition) is 4. The van der Waals surface area contributed by atoms with E-state index in [0.717, 1.165) is 18.0 Å². The number of thiophene rings is 1. The average molecular weight is 318 g/mol. The molecule has 2 aromatic rings. The van der Waals surface area contributed by atoms with Crippen LogP contribution >= 0.6 is 11.3 Å². The third kappa shape index (κ3) is 3.39. The second kappa shape index (κ2) is 6.62. The highest BCUT2D eigenvalue weighted by atomic mass is 32.1. The van der Waals surface area contributed by atoms with E-state index in [1.54, 1.807) is 23.6 Å². The van der Waals surface area contributed by atoms with Gasteiger partial charge in [-0.25, -0.2) is 0 Å². The molecule has 1 aliphatic rings. The lowest BCUT2D eigenvalue weighted by Crippen LogP contribution is -2.26. The fraction of sp³-hybridized carbons (Fsp3) is 0.500. The van der Waals surface area contributed by atoms with Gasteiger partial charge in [0.15, 0.2) is 0 Å². The Balaban J connectivity index is 1.69. The van der Waals surface area contributed by atoms with Gasteiger partial charge in [0.25, 0.3) is 5.91 Å².